The fraction of sp³-hybridized carbons (Fsp3) is 0.241. The summed E-state index contributed by atoms with van der Waals surface area (Å²) in [5, 5.41) is 11.8. The second kappa shape index (κ2) is 11.0. The number of nitrogens with zero attached hydrogens (tertiary/aromatic N) is 2. The number of anilines is 2. The third-order valence-corrected chi connectivity index (χ3v) is 6.41. The SMILES string of the molecule is CCOc1ccc(C2/C(=C(/O)c3ccc(Cl)c(OCC)c3)C(=O)C(=O)N2c2ccc(N(C)C)cc2)cc1. The molecule has 3 aromatic rings. The van der Waals surface area contributed by atoms with Gasteiger partial charge in [0.05, 0.1) is 29.9 Å². The van der Waals surface area contributed by atoms with Crippen LogP contribution in [0.2, 0.25) is 5.02 Å². The second-order valence-corrected chi connectivity index (χ2v) is 9.07. The summed E-state index contributed by atoms with van der Waals surface area (Å²) in [6, 6.07) is 18.4. The van der Waals surface area contributed by atoms with Gasteiger partial charge in [-0.15, -0.1) is 0 Å². The first-order valence-corrected chi connectivity index (χ1v) is 12.4. The molecule has 3 aromatic carbocycles. The van der Waals surface area contributed by atoms with E-state index in [9.17, 15) is 14.7 Å². The number of aliphatic hydroxyl groups is 1. The van der Waals surface area contributed by atoms with E-state index in [-0.39, 0.29) is 11.3 Å². The van der Waals surface area contributed by atoms with Gasteiger partial charge in [-0.25, -0.2) is 0 Å². The molecule has 4 rings (SSSR count). The molecule has 0 spiro atoms. The van der Waals surface area contributed by atoms with Gasteiger partial charge < -0.3 is 19.5 Å². The van der Waals surface area contributed by atoms with Crippen LogP contribution in [0.5, 0.6) is 11.5 Å². The number of hydrogen-bond acceptors (Lipinski definition) is 6. The minimum absolute atomic E-state index is 0.0179. The van der Waals surface area contributed by atoms with Gasteiger partial charge in [-0.05, 0) is 74.0 Å². The number of ketones is 1. The predicted octanol–water partition coefficient (Wildman–Crippen LogP) is 5.83. The Bertz CT molecular complexity index is 1330. The molecule has 0 bridgehead atoms. The van der Waals surface area contributed by atoms with Crippen molar-refractivity contribution in [1.82, 2.24) is 0 Å². The zero-order chi connectivity index (χ0) is 26.7. The number of ether oxygens (including phenoxy) is 2. The summed E-state index contributed by atoms with van der Waals surface area (Å²) in [5.74, 6) is -0.766. The second-order valence-electron chi connectivity index (χ2n) is 8.66. The molecule has 1 aliphatic rings. The fourth-order valence-electron chi connectivity index (χ4n) is 4.31. The number of carbonyl (C=O) groups excluding carboxylic acids is 2. The van der Waals surface area contributed by atoms with Crippen LogP contribution in [0.25, 0.3) is 5.76 Å². The Morgan fingerprint density at radius 2 is 1.59 bits per heavy atom. The zero-order valence-corrected chi connectivity index (χ0v) is 22.0. The number of hydrogen-bond donors (Lipinski definition) is 1. The maximum Gasteiger partial charge on any atom is 0.300 e. The van der Waals surface area contributed by atoms with Crippen LogP contribution >= 0.6 is 11.6 Å². The minimum atomic E-state index is -0.855. The quantitative estimate of drug-likeness (QED) is 0.229. The van der Waals surface area contributed by atoms with Crippen LogP contribution in [0.15, 0.2) is 72.3 Å². The van der Waals surface area contributed by atoms with Gasteiger partial charge in [-0.1, -0.05) is 23.7 Å². The van der Waals surface area contributed by atoms with Crippen molar-refractivity contribution in [3.05, 3.63) is 88.5 Å². The van der Waals surface area contributed by atoms with Crippen molar-refractivity contribution in [1.29, 1.82) is 0 Å². The molecule has 192 valence electrons. The van der Waals surface area contributed by atoms with Gasteiger partial charge in [-0.3, -0.25) is 14.5 Å². The van der Waals surface area contributed by atoms with Gasteiger partial charge in [0.15, 0.2) is 0 Å². The van der Waals surface area contributed by atoms with Gasteiger partial charge in [0.25, 0.3) is 11.7 Å². The molecule has 7 nitrogen and oxygen atoms in total. The van der Waals surface area contributed by atoms with E-state index in [0.717, 1.165) is 5.69 Å². The lowest BCUT2D eigenvalue weighted by atomic mass is 9.95. The molecule has 0 saturated carbocycles. The predicted molar refractivity (Wildman–Crippen MR) is 146 cm³/mol. The number of aliphatic hydroxyl groups excluding tert-OH is 1. The summed E-state index contributed by atoms with van der Waals surface area (Å²) in [5.41, 5.74) is 2.44. The van der Waals surface area contributed by atoms with E-state index in [1.54, 1.807) is 54.6 Å². The van der Waals surface area contributed by atoms with E-state index in [1.165, 1.54) is 4.90 Å². The number of benzene rings is 3. The fourth-order valence-corrected chi connectivity index (χ4v) is 4.48. The standard InChI is InChI=1S/C29H29ClN2O5/c1-5-36-22-14-7-18(8-15-22)26-25(27(33)19-9-16-23(30)24(17-19)37-6-2)28(34)29(35)32(26)21-12-10-20(11-13-21)31(3)4/h7-17,26,33H,5-6H2,1-4H3/b27-25-. The number of amides is 1. The molecule has 1 heterocycles. The Hall–Kier alpha value is -3.97. The highest BCUT2D eigenvalue weighted by Gasteiger charge is 2.47. The molecule has 1 N–H and O–H groups in total. The molecule has 1 amide bonds. The zero-order valence-electron chi connectivity index (χ0n) is 21.2. The number of Topliss-reactive ketones (excluding diaryl/α,β-unsaturated/α-hetero) is 1. The molecular weight excluding hydrogens is 492 g/mol. The maximum atomic E-state index is 13.4. The molecule has 8 heteroatoms. The number of rotatable bonds is 8. The lowest BCUT2D eigenvalue weighted by molar-refractivity contribution is -0.132. The molecule has 1 fully saturated rings. The van der Waals surface area contributed by atoms with Crippen LogP contribution in [0.4, 0.5) is 11.4 Å². The Labute approximate surface area is 221 Å². The first kappa shape index (κ1) is 26.1. The van der Waals surface area contributed by atoms with Crippen LogP contribution in [0.3, 0.4) is 0 Å². The highest BCUT2D eigenvalue weighted by molar-refractivity contribution is 6.51. The molecule has 37 heavy (non-hydrogen) atoms. The largest absolute Gasteiger partial charge is 0.507 e. The van der Waals surface area contributed by atoms with Crippen LogP contribution in [0.1, 0.15) is 31.0 Å². The molecule has 1 aliphatic heterocycles. The summed E-state index contributed by atoms with van der Waals surface area (Å²) >= 11 is 6.23. The van der Waals surface area contributed by atoms with Crippen molar-refractivity contribution in [2.45, 2.75) is 19.9 Å². The van der Waals surface area contributed by atoms with E-state index in [1.807, 2.05) is 45.0 Å². The lowest BCUT2D eigenvalue weighted by Crippen LogP contribution is -2.29. The van der Waals surface area contributed by atoms with Crippen LogP contribution in [-0.4, -0.2) is 44.1 Å². The summed E-state index contributed by atoms with van der Waals surface area (Å²) < 4.78 is 11.1. The summed E-state index contributed by atoms with van der Waals surface area (Å²) in [7, 11) is 3.84. The summed E-state index contributed by atoms with van der Waals surface area (Å²) in [4.78, 5) is 30.2. The average molecular weight is 521 g/mol. The Balaban J connectivity index is 1.89. The molecular formula is C29H29ClN2O5. The highest BCUT2D eigenvalue weighted by Crippen LogP contribution is 2.43. The highest BCUT2D eigenvalue weighted by atomic mass is 35.5. The van der Waals surface area contributed by atoms with E-state index >= 15 is 0 Å². The number of carbonyl (C=O) groups is 2. The Kier molecular flexibility index (Phi) is 7.74. The Morgan fingerprint density at radius 1 is 0.946 bits per heavy atom. The third-order valence-electron chi connectivity index (χ3n) is 6.10. The first-order valence-electron chi connectivity index (χ1n) is 12.0. The van der Waals surface area contributed by atoms with Crippen LogP contribution < -0.4 is 19.3 Å². The van der Waals surface area contributed by atoms with Crippen molar-refractivity contribution in [2.24, 2.45) is 0 Å². The molecule has 0 aliphatic carbocycles. The molecule has 1 unspecified atom stereocenters. The normalized spacial score (nSPS) is 16.7. The van der Waals surface area contributed by atoms with Crippen molar-refractivity contribution >= 4 is 40.4 Å². The van der Waals surface area contributed by atoms with Crippen molar-refractivity contribution in [3.63, 3.8) is 0 Å². The smallest absolute Gasteiger partial charge is 0.300 e. The maximum absolute atomic E-state index is 13.4. The Morgan fingerprint density at radius 3 is 2.19 bits per heavy atom. The van der Waals surface area contributed by atoms with Gasteiger partial charge in [0.1, 0.15) is 17.3 Å². The summed E-state index contributed by atoms with van der Waals surface area (Å²) in [6.07, 6.45) is 0. The van der Waals surface area contributed by atoms with E-state index in [4.69, 9.17) is 21.1 Å². The van der Waals surface area contributed by atoms with E-state index < -0.39 is 17.7 Å². The van der Waals surface area contributed by atoms with Gasteiger partial charge in [0, 0.05) is 31.0 Å². The summed E-state index contributed by atoms with van der Waals surface area (Å²) in [6.45, 7) is 4.60. The molecule has 1 atom stereocenters. The monoisotopic (exact) mass is 520 g/mol. The van der Waals surface area contributed by atoms with Crippen LogP contribution in [-0.2, 0) is 9.59 Å². The first-order chi connectivity index (χ1) is 17.8. The topological polar surface area (TPSA) is 79.3 Å². The van der Waals surface area contributed by atoms with Crippen molar-refractivity contribution in [3.8, 4) is 11.5 Å². The molecule has 0 radical (unpaired) electrons. The lowest BCUT2D eigenvalue weighted by Gasteiger charge is -2.26. The van der Waals surface area contributed by atoms with Gasteiger partial charge in [-0.2, -0.15) is 0 Å². The van der Waals surface area contributed by atoms with Gasteiger partial charge in [0.2, 0.25) is 0 Å². The van der Waals surface area contributed by atoms with Crippen molar-refractivity contribution < 1.29 is 24.2 Å². The minimum Gasteiger partial charge on any atom is -0.507 e. The third kappa shape index (κ3) is 5.13. The molecule has 1 saturated heterocycles. The molecule has 0 aromatic heterocycles. The number of halogens is 1. The van der Waals surface area contributed by atoms with E-state index in [2.05, 4.69) is 0 Å². The van der Waals surface area contributed by atoms with Gasteiger partial charge >= 0.3 is 0 Å². The van der Waals surface area contributed by atoms with Crippen LogP contribution in [0, 0.1) is 0 Å². The van der Waals surface area contributed by atoms with E-state index in [0.29, 0.717) is 46.5 Å². The average Bonchev–Trinajstić information content (AvgIpc) is 3.16. The van der Waals surface area contributed by atoms with Crippen molar-refractivity contribution in [2.75, 3.05) is 37.1 Å².